The van der Waals surface area contributed by atoms with E-state index in [4.69, 9.17) is 23.1 Å². The van der Waals surface area contributed by atoms with Crippen LogP contribution in [0.5, 0.6) is 0 Å². The van der Waals surface area contributed by atoms with Crippen molar-refractivity contribution in [3.8, 4) is 11.3 Å². The molecule has 0 aliphatic heterocycles. The van der Waals surface area contributed by atoms with Crippen LogP contribution >= 0.6 is 11.6 Å². The summed E-state index contributed by atoms with van der Waals surface area (Å²) < 4.78 is 1.54. The standard InChI is InChI=1S/C10H11ClN4/c1-15-10(13)8(12)9(14-15)6-4-2-3-5-7(6)11/h2-5H,12-13H2,1H3. The van der Waals surface area contributed by atoms with Crippen molar-refractivity contribution in [2.75, 3.05) is 11.5 Å². The molecule has 0 amide bonds. The van der Waals surface area contributed by atoms with Gasteiger partial charge in [0.25, 0.3) is 0 Å². The minimum atomic E-state index is 0.449. The molecule has 2 aromatic rings. The van der Waals surface area contributed by atoms with E-state index in [9.17, 15) is 0 Å². The number of hydrogen-bond donors (Lipinski definition) is 2. The molecule has 0 unspecified atom stereocenters. The maximum Gasteiger partial charge on any atom is 0.145 e. The van der Waals surface area contributed by atoms with Gasteiger partial charge in [0.15, 0.2) is 0 Å². The molecule has 5 heteroatoms. The van der Waals surface area contributed by atoms with Gasteiger partial charge in [0, 0.05) is 12.6 Å². The Hall–Kier alpha value is -1.68. The predicted molar refractivity (Wildman–Crippen MR) is 62.5 cm³/mol. The summed E-state index contributed by atoms with van der Waals surface area (Å²) in [4.78, 5) is 0. The van der Waals surface area contributed by atoms with Crippen LogP contribution in [0, 0.1) is 0 Å². The zero-order chi connectivity index (χ0) is 11.0. The van der Waals surface area contributed by atoms with Crippen molar-refractivity contribution in [3.63, 3.8) is 0 Å². The molecule has 2 rings (SSSR count). The zero-order valence-corrected chi connectivity index (χ0v) is 8.99. The first-order valence-corrected chi connectivity index (χ1v) is 4.82. The number of hydrogen-bond acceptors (Lipinski definition) is 3. The highest BCUT2D eigenvalue weighted by atomic mass is 35.5. The van der Waals surface area contributed by atoms with E-state index in [0.29, 0.717) is 22.2 Å². The molecule has 1 aromatic carbocycles. The van der Waals surface area contributed by atoms with E-state index in [1.807, 2.05) is 18.2 Å². The van der Waals surface area contributed by atoms with Crippen molar-refractivity contribution in [3.05, 3.63) is 29.3 Å². The average Bonchev–Trinajstić information content (AvgIpc) is 2.47. The van der Waals surface area contributed by atoms with Crippen LogP contribution in [-0.4, -0.2) is 9.78 Å². The van der Waals surface area contributed by atoms with Gasteiger partial charge in [-0.25, -0.2) is 0 Å². The minimum Gasteiger partial charge on any atom is -0.394 e. The molecule has 0 atom stereocenters. The van der Waals surface area contributed by atoms with Crippen LogP contribution in [0.3, 0.4) is 0 Å². The summed E-state index contributed by atoms with van der Waals surface area (Å²) in [7, 11) is 1.74. The molecular weight excluding hydrogens is 212 g/mol. The largest absolute Gasteiger partial charge is 0.394 e. The summed E-state index contributed by atoms with van der Waals surface area (Å²) in [6.45, 7) is 0. The Kier molecular flexibility index (Phi) is 2.28. The molecule has 0 radical (unpaired) electrons. The molecule has 0 bridgehead atoms. The van der Waals surface area contributed by atoms with Crippen LogP contribution in [0.2, 0.25) is 5.02 Å². The van der Waals surface area contributed by atoms with Crippen molar-refractivity contribution in [2.45, 2.75) is 0 Å². The second kappa shape index (κ2) is 3.47. The van der Waals surface area contributed by atoms with E-state index in [2.05, 4.69) is 5.10 Å². The van der Waals surface area contributed by atoms with Gasteiger partial charge in [0.2, 0.25) is 0 Å². The molecule has 1 aromatic heterocycles. The van der Waals surface area contributed by atoms with Crippen molar-refractivity contribution < 1.29 is 0 Å². The number of benzene rings is 1. The van der Waals surface area contributed by atoms with Gasteiger partial charge in [0.1, 0.15) is 17.2 Å². The van der Waals surface area contributed by atoms with E-state index in [1.165, 1.54) is 4.68 Å². The molecule has 4 nitrogen and oxygen atoms in total. The molecule has 1 heterocycles. The van der Waals surface area contributed by atoms with E-state index >= 15 is 0 Å². The number of aromatic nitrogens is 2. The van der Waals surface area contributed by atoms with Crippen LogP contribution < -0.4 is 11.5 Å². The molecule has 15 heavy (non-hydrogen) atoms. The Morgan fingerprint density at radius 2 is 1.93 bits per heavy atom. The number of anilines is 2. The molecule has 0 saturated carbocycles. The van der Waals surface area contributed by atoms with Gasteiger partial charge in [-0.1, -0.05) is 29.8 Å². The van der Waals surface area contributed by atoms with Gasteiger partial charge in [-0.3, -0.25) is 4.68 Å². The first-order chi connectivity index (χ1) is 7.11. The number of nitrogen functional groups attached to an aromatic ring is 2. The number of aryl methyl sites for hydroxylation is 1. The molecule has 0 aliphatic rings. The summed E-state index contributed by atoms with van der Waals surface area (Å²) in [5, 5.41) is 4.84. The SMILES string of the molecule is Cn1nc(-c2ccccc2Cl)c(N)c1N. The topological polar surface area (TPSA) is 69.9 Å². The Bertz CT molecular complexity index is 504. The highest BCUT2D eigenvalue weighted by Gasteiger charge is 2.14. The number of nitrogens with zero attached hydrogens (tertiary/aromatic N) is 2. The van der Waals surface area contributed by atoms with Crippen molar-refractivity contribution in [1.82, 2.24) is 9.78 Å². The van der Waals surface area contributed by atoms with Crippen LogP contribution in [0.4, 0.5) is 11.5 Å². The van der Waals surface area contributed by atoms with Crippen molar-refractivity contribution >= 4 is 23.1 Å². The van der Waals surface area contributed by atoms with Crippen LogP contribution in [0.15, 0.2) is 24.3 Å². The molecule has 0 saturated heterocycles. The molecule has 4 N–H and O–H groups in total. The molecule has 0 fully saturated rings. The highest BCUT2D eigenvalue weighted by Crippen LogP contribution is 2.33. The third-order valence-corrected chi connectivity index (χ3v) is 2.59. The van der Waals surface area contributed by atoms with Crippen molar-refractivity contribution in [2.24, 2.45) is 7.05 Å². The van der Waals surface area contributed by atoms with E-state index in [1.54, 1.807) is 13.1 Å². The Balaban J connectivity index is 2.65. The lowest BCUT2D eigenvalue weighted by atomic mass is 10.1. The predicted octanol–water partition coefficient (Wildman–Crippen LogP) is 1.90. The lowest BCUT2D eigenvalue weighted by molar-refractivity contribution is 0.782. The normalized spacial score (nSPS) is 10.5. The molecular formula is C10H11ClN4. The van der Waals surface area contributed by atoms with Gasteiger partial charge in [0.05, 0.1) is 5.02 Å². The molecule has 78 valence electrons. The fraction of sp³-hybridized carbons (Fsp3) is 0.100. The first-order valence-electron chi connectivity index (χ1n) is 4.44. The Morgan fingerprint density at radius 1 is 1.27 bits per heavy atom. The lowest BCUT2D eigenvalue weighted by Crippen LogP contribution is -1.98. The highest BCUT2D eigenvalue weighted by molar-refractivity contribution is 6.33. The third-order valence-electron chi connectivity index (χ3n) is 2.26. The maximum absolute atomic E-state index is 6.05. The third kappa shape index (κ3) is 1.53. The van der Waals surface area contributed by atoms with Gasteiger partial charge >= 0.3 is 0 Å². The lowest BCUT2D eigenvalue weighted by Gasteiger charge is -2.00. The van der Waals surface area contributed by atoms with Crippen LogP contribution in [0.25, 0.3) is 11.3 Å². The van der Waals surface area contributed by atoms with Gasteiger partial charge < -0.3 is 11.5 Å². The van der Waals surface area contributed by atoms with Gasteiger partial charge in [-0.2, -0.15) is 5.10 Å². The summed E-state index contributed by atoms with van der Waals surface area (Å²) >= 11 is 6.05. The summed E-state index contributed by atoms with van der Waals surface area (Å²) in [6.07, 6.45) is 0. The minimum absolute atomic E-state index is 0.449. The number of halogens is 1. The van der Waals surface area contributed by atoms with Crippen LogP contribution in [-0.2, 0) is 7.05 Å². The fourth-order valence-electron chi connectivity index (χ4n) is 1.41. The maximum atomic E-state index is 6.05. The van der Waals surface area contributed by atoms with E-state index < -0.39 is 0 Å². The summed E-state index contributed by atoms with van der Waals surface area (Å²) in [6, 6.07) is 7.39. The van der Waals surface area contributed by atoms with Gasteiger partial charge in [-0.05, 0) is 6.07 Å². The quantitative estimate of drug-likeness (QED) is 0.774. The zero-order valence-electron chi connectivity index (χ0n) is 8.24. The summed E-state index contributed by atoms with van der Waals surface area (Å²) in [5.41, 5.74) is 13.4. The van der Waals surface area contributed by atoms with Crippen molar-refractivity contribution in [1.29, 1.82) is 0 Å². The number of nitrogens with two attached hydrogens (primary N) is 2. The Morgan fingerprint density at radius 3 is 2.47 bits per heavy atom. The second-order valence-electron chi connectivity index (χ2n) is 3.25. The molecule has 0 spiro atoms. The summed E-state index contributed by atoms with van der Waals surface area (Å²) in [5.74, 6) is 0.449. The average molecular weight is 223 g/mol. The first kappa shape index (κ1) is 9.86. The molecule has 0 aliphatic carbocycles. The Labute approximate surface area is 92.4 Å². The van der Waals surface area contributed by atoms with E-state index in [-0.39, 0.29) is 0 Å². The number of rotatable bonds is 1. The van der Waals surface area contributed by atoms with Crippen LogP contribution in [0.1, 0.15) is 0 Å². The monoisotopic (exact) mass is 222 g/mol. The smallest absolute Gasteiger partial charge is 0.145 e. The fourth-order valence-corrected chi connectivity index (χ4v) is 1.63. The van der Waals surface area contributed by atoms with E-state index in [0.717, 1.165) is 5.56 Å². The second-order valence-corrected chi connectivity index (χ2v) is 3.66. The van der Waals surface area contributed by atoms with Gasteiger partial charge in [-0.15, -0.1) is 0 Å².